The van der Waals surface area contributed by atoms with Gasteiger partial charge in [0.25, 0.3) is 5.91 Å². The van der Waals surface area contributed by atoms with Gasteiger partial charge in [0, 0.05) is 25.4 Å². The summed E-state index contributed by atoms with van der Waals surface area (Å²) < 4.78 is 17.2. The number of nitrogens with one attached hydrogen (secondary N) is 1. The highest BCUT2D eigenvalue weighted by Crippen LogP contribution is 2.32. The molecule has 3 rings (SSSR count). The molecular formula is C19H20N2O6. The third-order valence-corrected chi connectivity index (χ3v) is 4.18. The van der Waals surface area contributed by atoms with Crippen LogP contribution in [0.1, 0.15) is 40.3 Å². The quantitative estimate of drug-likeness (QED) is 0.614. The van der Waals surface area contributed by atoms with Gasteiger partial charge in [0.2, 0.25) is 6.79 Å². The van der Waals surface area contributed by atoms with Gasteiger partial charge >= 0.3 is 5.97 Å². The zero-order chi connectivity index (χ0) is 19.6. The first-order valence-electron chi connectivity index (χ1n) is 8.39. The minimum atomic E-state index is -0.984. The normalized spacial score (nSPS) is 13.1. The standard InChI is InChI=1S/C19H20N2O6/c1-11(22)14-7-15(21(3)9-14)19(24)27-12(2)18(23)20-8-13-4-5-16-17(6-13)26-10-25-16/h4-7,9,12H,8,10H2,1-3H3,(H,20,23)/t12-/m1/s1. The van der Waals surface area contributed by atoms with Gasteiger partial charge in [0.05, 0.1) is 0 Å². The first kappa shape index (κ1) is 18.5. The maximum atomic E-state index is 12.3. The number of hydrogen-bond acceptors (Lipinski definition) is 6. The lowest BCUT2D eigenvalue weighted by Crippen LogP contribution is -2.35. The van der Waals surface area contributed by atoms with Crippen LogP contribution in [0.4, 0.5) is 0 Å². The number of carbonyl (C=O) groups excluding carboxylic acids is 3. The molecule has 0 unspecified atom stereocenters. The van der Waals surface area contributed by atoms with Crippen LogP contribution in [-0.4, -0.2) is 35.1 Å². The summed E-state index contributed by atoms with van der Waals surface area (Å²) in [5.41, 5.74) is 1.44. The summed E-state index contributed by atoms with van der Waals surface area (Å²) in [5, 5.41) is 2.71. The number of rotatable bonds is 6. The molecule has 8 nitrogen and oxygen atoms in total. The first-order chi connectivity index (χ1) is 12.8. The van der Waals surface area contributed by atoms with Crippen LogP contribution in [0, 0.1) is 0 Å². The van der Waals surface area contributed by atoms with Gasteiger partial charge in [-0.15, -0.1) is 0 Å². The van der Waals surface area contributed by atoms with Crippen LogP contribution in [0.15, 0.2) is 30.5 Å². The molecular weight excluding hydrogens is 352 g/mol. The van der Waals surface area contributed by atoms with Gasteiger partial charge < -0.3 is 24.1 Å². The van der Waals surface area contributed by atoms with Crippen LogP contribution in [-0.2, 0) is 23.1 Å². The fourth-order valence-electron chi connectivity index (χ4n) is 2.62. The van der Waals surface area contributed by atoms with Crippen LogP contribution >= 0.6 is 0 Å². The Morgan fingerprint density at radius 1 is 1.22 bits per heavy atom. The number of Topliss-reactive ketones (excluding diaryl/α,β-unsaturated/α-hetero) is 1. The van der Waals surface area contributed by atoms with Crippen molar-refractivity contribution in [3.05, 3.63) is 47.3 Å². The molecule has 27 heavy (non-hydrogen) atoms. The highest BCUT2D eigenvalue weighted by Gasteiger charge is 2.22. The molecule has 0 bridgehead atoms. The van der Waals surface area contributed by atoms with E-state index in [0.29, 0.717) is 17.1 Å². The average molecular weight is 372 g/mol. The molecule has 0 fully saturated rings. The van der Waals surface area contributed by atoms with E-state index in [9.17, 15) is 14.4 Å². The van der Waals surface area contributed by atoms with Crippen molar-refractivity contribution >= 4 is 17.7 Å². The number of carbonyl (C=O) groups is 3. The zero-order valence-corrected chi connectivity index (χ0v) is 15.3. The third kappa shape index (κ3) is 4.11. The van der Waals surface area contributed by atoms with Gasteiger partial charge in [-0.1, -0.05) is 6.07 Å². The van der Waals surface area contributed by atoms with E-state index in [0.717, 1.165) is 5.56 Å². The number of ether oxygens (including phenoxy) is 3. The van der Waals surface area contributed by atoms with Crippen molar-refractivity contribution in [2.45, 2.75) is 26.5 Å². The number of amides is 1. The van der Waals surface area contributed by atoms with Crippen LogP contribution in [0.3, 0.4) is 0 Å². The van der Waals surface area contributed by atoms with Gasteiger partial charge in [-0.05, 0) is 37.6 Å². The molecule has 2 heterocycles. The van der Waals surface area contributed by atoms with E-state index >= 15 is 0 Å². The van der Waals surface area contributed by atoms with E-state index in [1.54, 1.807) is 25.4 Å². The average Bonchev–Trinajstić information content (AvgIpc) is 3.25. The Morgan fingerprint density at radius 3 is 2.67 bits per heavy atom. The molecule has 142 valence electrons. The summed E-state index contributed by atoms with van der Waals surface area (Å²) >= 11 is 0. The Hall–Kier alpha value is -3.29. The topological polar surface area (TPSA) is 95.9 Å². The molecule has 1 aromatic carbocycles. The summed E-state index contributed by atoms with van der Waals surface area (Å²) in [7, 11) is 1.63. The van der Waals surface area contributed by atoms with E-state index in [-0.39, 0.29) is 24.8 Å². The number of nitrogens with zero attached hydrogens (tertiary/aromatic N) is 1. The minimum Gasteiger partial charge on any atom is -0.454 e. The minimum absolute atomic E-state index is 0.154. The highest BCUT2D eigenvalue weighted by molar-refractivity contribution is 5.98. The van der Waals surface area contributed by atoms with E-state index in [2.05, 4.69) is 5.32 Å². The highest BCUT2D eigenvalue weighted by atomic mass is 16.7. The van der Waals surface area contributed by atoms with Crippen molar-refractivity contribution in [1.29, 1.82) is 0 Å². The zero-order valence-electron chi connectivity index (χ0n) is 15.3. The number of aromatic nitrogens is 1. The lowest BCUT2D eigenvalue weighted by Gasteiger charge is -2.14. The molecule has 1 aromatic heterocycles. The van der Waals surface area contributed by atoms with E-state index in [1.165, 1.54) is 24.5 Å². The van der Waals surface area contributed by atoms with Gasteiger partial charge in [-0.3, -0.25) is 9.59 Å². The number of fused-ring (bicyclic) bond motifs is 1. The second kappa shape index (κ2) is 7.53. The van der Waals surface area contributed by atoms with Crippen LogP contribution in [0.5, 0.6) is 11.5 Å². The number of benzene rings is 1. The molecule has 1 amide bonds. The van der Waals surface area contributed by atoms with Crippen molar-refractivity contribution in [3.63, 3.8) is 0 Å². The van der Waals surface area contributed by atoms with Crippen molar-refractivity contribution < 1.29 is 28.6 Å². The molecule has 1 aliphatic heterocycles. The van der Waals surface area contributed by atoms with Crippen molar-refractivity contribution in [2.24, 2.45) is 7.05 Å². The molecule has 0 aliphatic carbocycles. The van der Waals surface area contributed by atoms with Crippen molar-refractivity contribution in [1.82, 2.24) is 9.88 Å². The lowest BCUT2D eigenvalue weighted by atomic mass is 10.2. The second-order valence-electron chi connectivity index (χ2n) is 6.23. The maximum Gasteiger partial charge on any atom is 0.355 e. The first-order valence-corrected chi connectivity index (χ1v) is 8.39. The Labute approximate surface area is 156 Å². The van der Waals surface area contributed by atoms with Crippen LogP contribution in [0.2, 0.25) is 0 Å². The fraction of sp³-hybridized carbons (Fsp3) is 0.316. The third-order valence-electron chi connectivity index (χ3n) is 4.18. The van der Waals surface area contributed by atoms with Gasteiger partial charge in [0.1, 0.15) is 5.69 Å². The molecule has 0 saturated heterocycles. The van der Waals surface area contributed by atoms with Gasteiger partial charge in [-0.25, -0.2) is 4.79 Å². The van der Waals surface area contributed by atoms with Crippen molar-refractivity contribution in [2.75, 3.05) is 6.79 Å². The number of ketones is 1. The molecule has 1 N–H and O–H groups in total. The monoisotopic (exact) mass is 372 g/mol. The summed E-state index contributed by atoms with van der Waals surface area (Å²) in [6.45, 7) is 3.34. The van der Waals surface area contributed by atoms with E-state index < -0.39 is 18.0 Å². The summed E-state index contributed by atoms with van der Waals surface area (Å²) in [6, 6.07) is 6.82. The summed E-state index contributed by atoms with van der Waals surface area (Å²) in [5.74, 6) is 0.0444. The van der Waals surface area contributed by atoms with E-state index in [1.807, 2.05) is 6.07 Å². The molecule has 0 saturated carbocycles. The Balaban J connectivity index is 1.56. The SMILES string of the molecule is CC(=O)c1cc(C(=O)O[C@H](C)C(=O)NCc2ccc3c(c2)OCO3)n(C)c1. The Kier molecular flexibility index (Phi) is 5.16. The molecule has 1 atom stereocenters. The lowest BCUT2D eigenvalue weighted by molar-refractivity contribution is -0.129. The van der Waals surface area contributed by atoms with E-state index in [4.69, 9.17) is 14.2 Å². The second-order valence-corrected chi connectivity index (χ2v) is 6.23. The summed E-state index contributed by atoms with van der Waals surface area (Å²) in [4.78, 5) is 35.9. The van der Waals surface area contributed by atoms with Crippen LogP contribution in [0.25, 0.3) is 0 Å². The number of esters is 1. The fourth-order valence-corrected chi connectivity index (χ4v) is 2.62. The number of hydrogen-bond donors (Lipinski definition) is 1. The van der Waals surface area contributed by atoms with Crippen molar-refractivity contribution in [3.8, 4) is 11.5 Å². The summed E-state index contributed by atoms with van der Waals surface area (Å²) in [6.07, 6.45) is 0.561. The molecule has 1 aliphatic rings. The molecule has 0 spiro atoms. The molecule has 8 heteroatoms. The van der Waals surface area contributed by atoms with Crippen LogP contribution < -0.4 is 14.8 Å². The van der Waals surface area contributed by atoms with Gasteiger partial charge in [-0.2, -0.15) is 0 Å². The maximum absolute atomic E-state index is 12.3. The Bertz CT molecular complexity index is 902. The molecule has 0 radical (unpaired) electrons. The Morgan fingerprint density at radius 2 is 1.96 bits per heavy atom. The smallest absolute Gasteiger partial charge is 0.355 e. The predicted octanol–water partition coefficient (Wildman–Crippen LogP) is 1.82. The molecule has 2 aromatic rings. The number of aryl methyl sites for hydroxylation is 1. The largest absolute Gasteiger partial charge is 0.454 e. The van der Waals surface area contributed by atoms with Gasteiger partial charge in [0.15, 0.2) is 23.4 Å². The predicted molar refractivity (Wildman–Crippen MR) is 94.7 cm³/mol.